The number of unbranched alkanes of at least 4 members (excludes halogenated alkanes) is 2. The Morgan fingerprint density at radius 3 is 2.17 bits per heavy atom. The summed E-state index contributed by atoms with van der Waals surface area (Å²) in [4.78, 5) is 13.2. The van der Waals surface area contributed by atoms with Gasteiger partial charge >= 0.3 is 0 Å². The topological polar surface area (TPSA) is 20.3 Å². The van der Waals surface area contributed by atoms with Crippen LogP contribution in [0.25, 0.3) is 0 Å². The second-order valence-electron chi connectivity index (χ2n) is 4.86. The molecule has 0 aliphatic carbocycles. The summed E-state index contributed by atoms with van der Waals surface area (Å²) >= 11 is 0. The Hall–Kier alpha value is -1.31. The minimum absolute atomic E-state index is 0.766. The van der Waals surface area contributed by atoms with E-state index in [9.17, 15) is 4.79 Å². The van der Waals surface area contributed by atoms with Crippen LogP contribution in [0.15, 0.2) is 18.2 Å². The molecule has 0 heterocycles. The van der Waals surface area contributed by atoms with Gasteiger partial charge in [-0.3, -0.25) is 4.79 Å². The highest BCUT2D eigenvalue weighted by atomic mass is 16.1. The molecule has 100 valence electrons. The van der Waals surface area contributed by atoms with Crippen molar-refractivity contribution >= 4 is 12.0 Å². The van der Waals surface area contributed by atoms with E-state index in [2.05, 4.69) is 31.7 Å². The van der Waals surface area contributed by atoms with Crippen LogP contribution in [0, 0.1) is 6.92 Å². The van der Waals surface area contributed by atoms with E-state index in [0.29, 0.717) is 0 Å². The number of hydrogen-bond donors (Lipinski definition) is 0. The highest BCUT2D eigenvalue weighted by molar-refractivity contribution is 5.76. The van der Waals surface area contributed by atoms with E-state index >= 15 is 0 Å². The Bertz CT molecular complexity index is 365. The van der Waals surface area contributed by atoms with Gasteiger partial charge in [-0.2, -0.15) is 0 Å². The second kappa shape index (κ2) is 7.91. The van der Waals surface area contributed by atoms with Crippen LogP contribution >= 0.6 is 0 Å². The first-order chi connectivity index (χ1) is 8.72. The molecule has 0 aliphatic rings. The first kappa shape index (κ1) is 14.7. The fourth-order valence-corrected chi connectivity index (χ4v) is 2.16. The van der Waals surface area contributed by atoms with Crippen LogP contribution in [0.3, 0.4) is 0 Å². The summed E-state index contributed by atoms with van der Waals surface area (Å²) < 4.78 is 0. The molecule has 1 aromatic carbocycles. The summed E-state index contributed by atoms with van der Waals surface area (Å²) in [7, 11) is 0. The third-order valence-electron chi connectivity index (χ3n) is 3.26. The average molecular weight is 247 g/mol. The van der Waals surface area contributed by atoms with Gasteiger partial charge in [-0.05, 0) is 43.5 Å². The summed E-state index contributed by atoms with van der Waals surface area (Å²) in [5.41, 5.74) is 3.25. The van der Waals surface area contributed by atoms with Crippen molar-refractivity contribution in [2.45, 2.75) is 46.5 Å². The van der Waals surface area contributed by atoms with E-state index in [1.165, 1.54) is 36.9 Å². The number of rotatable bonds is 8. The highest BCUT2D eigenvalue weighted by Crippen LogP contribution is 2.22. The Labute approximate surface area is 111 Å². The van der Waals surface area contributed by atoms with Crippen molar-refractivity contribution in [2.75, 3.05) is 18.0 Å². The number of hydrogen-bond acceptors (Lipinski definition) is 2. The van der Waals surface area contributed by atoms with Gasteiger partial charge in [0.2, 0.25) is 0 Å². The lowest BCUT2D eigenvalue weighted by molar-refractivity contribution is 0.112. The van der Waals surface area contributed by atoms with Crippen LogP contribution < -0.4 is 4.90 Å². The molecule has 0 fully saturated rings. The van der Waals surface area contributed by atoms with E-state index in [4.69, 9.17) is 0 Å². The van der Waals surface area contributed by atoms with Gasteiger partial charge in [-0.1, -0.05) is 26.7 Å². The summed E-state index contributed by atoms with van der Waals surface area (Å²) in [5.74, 6) is 0. The van der Waals surface area contributed by atoms with Crippen LogP contribution in [0.4, 0.5) is 5.69 Å². The van der Waals surface area contributed by atoms with Gasteiger partial charge in [0, 0.05) is 24.3 Å². The number of benzene rings is 1. The average Bonchev–Trinajstić information content (AvgIpc) is 2.39. The van der Waals surface area contributed by atoms with Crippen molar-refractivity contribution in [1.29, 1.82) is 0 Å². The third kappa shape index (κ3) is 4.17. The van der Waals surface area contributed by atoms with Crippen molar-refractivity contribution < 1.29 is 4.79 Å². The minimum atomic E-state index is 0.766. The van der Waals surface area contributed by atoms with E-state index in [1.807, 2.05) is 12.1 Å². The lowest BCUT2D eigenvalue weighted by Gasteiger charge is -2.26. The number of aryl methyl sites for hydroxylation is 1. The third-order valence-corrected chi connectivity index (χ3v) is 3.26. The molecule has 2 nitrogen and oxygen atoms in total. The SMILES string of the molecule is CCCCN(CCCC)c1ccc(C=O)cc1C. The van der Waals surface area contributed by atoms with Crippen molar-refractivity contribution in [3.63, 3.8) is 0 Å². The number of anilines is 1. The summed E-state index contributed by atoms with van der Waals surface area (Å²) in [6.45, 7) is 8.75. The lowest BCUT2D eigenvalue weighted by atomic mass is 10.1. The molecular weight excluding hydrogens is 222 g/mol. The fourth-order valence-electron chi connectivity index (χ4n) is 2.16. The molecule has 0 unspecified atom stereocenters. The van der Waals surface area contributed by atoms with Crippen LogP contribution in [0.1, 0.15) is 55.5 Å². The Balaban J connectivity index is 2.85. The molecule has 1 rings (SSSR count). The van der Waals surface area contributed by atoms with Gasteiger partial charge in [-0.25, -0.2) is 0 Å². The maximum Gasteiger partial charge on any atom is 0.150 e. The van der Waals surface area contributed by atoms with Gasteiger partial charge in [0.1, 0.15) is 6.29 Å². The lowest BCUT2D eigenvalue weighted by Crippen LogP contribution is -2.26. The number of aldehydes is 1. The zero-order chi connectivity index (χ0) is 13.4. The molecule has 0 spiro atoms. The molecule has 0 saturated heterocycles. The first-order valence-electron chi connectivity index (χ1n) is 7.03. The van der Waals surface area contributed by atoms with Gasteiger partial charge in [-0.15, -0.1) is 0 Å². The predicted octanol–water partition coefficient (Wildman–Crippen LogP) is 4.21. The van der Waals surface area contributed by atoms with Crippen LogP contribution in [-0.2, 0) is 0 Å². The van der Waals surface area contributed by atoms with Crippen LogP contribution in [0.5, 0.6) is 0 Å². The summed E-state index contributed by atoms with van der Waals surface area (Å²) in [5, 5.41) is 0. The van der Waals surface area contributed by atoms with Gasteiger partial charge < -0.3 is 4.90 Å². The van der Waals surface area contributed by atoms with Gasteiger partial charge in [0.05, 0.1) is 0 Å². The molecular formula is C16H25NO. The van der Waals surface area contributed by atoms with Gasteiger partial charge in [0.25, 0.3) is 0 Å². The predicted molar refractivity (Wildman–Crippen MR) is 78.6 cm³/mol. The highest BCUT2D eigenvalue weighted by Gasteiger charge is 2.08. The van der Waals surface area contributed by atoms with Crippen molar-refractivity contribution in [2.24, 2.45) is 0 Å². The van der Waals surface area contributed by atoms with Crippen LogP contribution in [-0.4, -0.2) is 19.4 Å². The van der Waals surface area contributed by atoms with Crippen molar-refractivity contribution in [1.82, 2.24) is 0 Å². The van der Waals surface area contributed by atoms with E-state index in [1.54, 1.807) is 0 Å². The molecule has 0 saturated carbocycles. The summed E-state index contributed by atoms with van der Waals surface area (Å²) in [6.07, 6.45) is 5.79. The first-order valence-corrected chi connectivity index (χ1v) is 7.03. The molecule has 0 aromatic heterocycles. The van der Waals surface area contributed by atoms with E-state index in [0.717, 1.165) is 24.9 Å². The molecule has 18 heavy (non-hydrogen) atoms. The second-order valence-corrected chi connectivity index (χ2v) is 4.86. The quantitative estimate of drug-likeness (QED) is 0.641. The molecule has 0 amide bonds. The molecule has 0 aliphatic heterocycles. The summed E-state index contributed by atoms with van der Waals surface area (Å²) in [6, 6.07) is 5.98. The van der Waals surface area contributed by atoms with Crippen molar-refractivity contribution in [3.05, 3.63) is 29.3 Å². The zero-order valence-electron chi connectivity index (χ0n) is 11.9. The minimum Gasteiger partial charge on any atom is -0.371 e. The molecule has 2 heteroatoms. The number of nitrogens with zero attached hydrogens (tertiary/aromatic N) is 1. The number of carbonyl (C=O) groups excluding carboxylic acids is 1. The van der Waals surface area contributed by atoms with Gasteiger partial charge in [0.15, 0.2) is 0 Å². The normalized spacial score (nSPS) is 10.4. The molecule has 0 N–H and O–H groups in total. The molecule has 0 atom stereocenters. The zero-order valence-corrected chi connectivity index (χ0v) is 11.9. The largest absolute Gasteiger partial charge is 0.371 e. The molecule has 0 bridgehead atoms. The Kier molecular flexibility index (Phi) is 6.48. The van der Waals surface area contributed by atoms with Crippen molar-refractivity contribution in [3.8, 4) is 0 Å². The Morgan fingerprint density at radius 2 is 1.72 bits per heavy atom. The maximum absolute atomic E-state index is 10.8. The van der Waals surface area contributed by atoms with E-state index in [-0.39, 0.29) is 0 Å². The monoisotopic (exact) mass is 247 g/mol. The number of carbonyl (C=O) groups is 1. The molecule has 1 aromatic rings. The fraction of sp³-hybridized carbons (Fsp3) is 0.562. The molecule has 0 radical (unpaired) electrons. The van der Waals surface area contributed by atoms with Crippen LogP contribution in [0.2, 0.25) is 0 Å². The smallest absolute Gasteiger partial charge is 0.150 e. The Morgan fingerprint density at radius 1 is 1.11 bits per heavy atom. The van der Waals surface area contributed by atoms with E-state index < -0.39 is 0 Å². The maximum atomic E-state index is 10.8. The standard InChI is InChI=1S/C16H25NO/c1-4-6-10-17(11-7-5-2)16-9-8-15(13-18)12-14(16)3/h8-9,12-13H,4-7,10-11H2,1-3H3.